The maximum absolute atomic E-state index is 6.34. The molecule has 0 amide bonds. The highest BCUT2D eigenvalue weighted by molar-refractivity contribution is 6.00. The van der Waals surface area contributed by atoms with Crippen molar-refractivity contribution in [2.45, 2.75) is 52.0 Å². The van der Waals surface area contributed by atoms with E-state index >= 15 is 0 Å². The van der Waals surface area contributed by atoms with Gasteiger partial charge in [-0.05, 0) is 40.5 Å². The van der Waals surface area contributed by atoms with Crippen LogP contribution in [0.1, 0.15) is 51.0 Å². The molecule has 1 saturated heterocycles. The summed E-state index contributed by atoms with van der Waals surface area (Å²) < 4.78 is 7.78. The molecule has 0 aromatic carbocycles. The van der Waals surface area contributed by atoms with Crippen LogP contribution in [0.4, 0.5) is 11.5 Å². The fraction of sp³-hybridized carbons (Fsp3) is 0.500. The minimum Gasteiger partial charge on any atom is -0.383 e. The van der Waals surface area contributed by atoms with Gasteiger partial charge >= 0.3 is 0 Å². The van der Waals surface area contributed by atoms with Crippen LogP contribution >= 0.6 is 0 Å². The summed E-state index contributed by atoms with van der Waals surface area (Å²) in [7, 11) is 0. The van der Waals surface area contributed by atoms with E-state index in [0.29, 0.717) is 40.0 Å². The second kappa shape index (κ2) is 7.98. The number of rotatable bonds is 4. The summed E-state index contributed by atoms with van der Waals surface area (Å²) in [6, 6.07) is 0. The molecule has 1 aliphatic heterocycles. The van der Waals surface area contributed by atoms with Crippen LogP contribution in [0, 0.1) is 6.92 Å². The zero-order chi connectivity index (χ0) is 24.3. The third-order valence-corrected chi connectivity index (χ3v) is 6.66. The van der Waals surface area contributed by atoms with Crippen molar-refractivity contribution in [1.29, 1.82) is 0 Å². The van der Waals surface area contributed by atoms with Crippen LogP contribution < -0.4 is 16.0 Å². The van der Waals surface area contributed by atoms with E-state index in [1.165, 1.54) is 6.33 Å². The maximum atomic E-state index is 6.34. The van der Waals surface area contributed by atoms with Gasteiger partial charge in [0, 0.05) is 32.1 Å². The highest BCUT2D eigenvalue weighted by Gasteiger charge is 2.36. The fourth-order valence-electron chi connectivity index (χ4n) is 4.71. The van der Waals surface area contributed by atoms with Gasteiger partial charge in [-0.2, -0.15) is 5.10 Å². The number of anilines is 2. The number of nitrogen functional groups attached to an aromatic ring is 1. The van der Waals surface area contributed by atoms with E-state index in [0.717, 1.165) is 61.7 Å². The average molecular weight is 475 g/mol. The molecule has 6 rings (SSSR count). The van der Waals surface area contributed by atoms with Crippen molar-refractivity contribution in [2.75, 3.05) is 36.8 Å². The second-order valence-corrected chi connectivity index (χ2v) is 10.3. The van der Waals surface area contributed by atoms with Crippen molar-refractivity contribution >= 4 is 22.5 Å². The van der Waals surface area contributed by atoms with Gasteiger partial charge < -0.3 is 20.5 Å². The van der Waals surface area contributed by atoms with Crippen LogP contribution in [0.15, 0.2) is 17.0 Å². The van der Waals surface area contributed by atoms with E-state index in [-0.39, 0.29) is 5.54 Å². The van der Waals surface area contributed by atoms with Gasteiger partial charge in [0.25, 0.3) is 0 Å². The van der Waals surface area contributed by atoms with Crippen LogP contribution in [-0.4, -0.2) is 61.1 Å². The predicted octanol–water partition coefficient (Wildman–Crippen LogP) is 2.87. The average Bonchev–Trinajstić information content (AvgIpc) is 3.44. The molecule has 3 N–H and O–H groups in total. The maximum Gasteiger partial charge on any atom is 0.165 e. The smallest absolute Gasteiger partial charge is 0.165 e. The lowest BCUT2D eigenvalue weighted by atomic mass is 10.1. The van der Waals surface area contributed by atoms with Gasteiger partial charge in [-0.3, -0.25) is 0 Å². The molecule has 1 aliphatic carbocycles. The first-order valence-electron chi connectivity index (χ1n) is 12.1. The van der Waals surface area contributed by atoms with E-state index in [1.54, 1.807) is 0 Å². The number of hydrogen-bond donors (Lipinski definition) is 2. The molecule has 11 heteroatoms. The number of nitrogens with one attached hydrogen (secondary N) is 1. The first kappa shape index (κ1) is 21.9. The van der Waals surface area contributed by atoms with Crippen LogP contribution in [0.2, 0.25) is 0 Å². The monoisotopic (exact) mass is 474 g/mol. The van der Waals surface area contributed by atoms with Crippen LogP contribution in [0.25, 0.3) is 33.8 Å². The molecule has 2 fully saturated rings. The number of fused-ring (bicyclic) bond motifs is 1. The second-order valence-electron chi connectivity index (χ2n) is 10.3. The number of aromatic nitrogens is 7. The number of hydrogen-bond acceptors (Lipinski definition) is 10. The molecular formula is C24H30N10O. The third-order valence-electron chi connectivity index (χ3n) is 6.66. The van der Waals surface area contributed by atoms with Crippen molar-refractivity contribution in [1.82, 2.24) is 40.2 Å². The van der Waals surface area contributed by atoms with E-state index in [4.69, 9.17) is 25.3 Å². The van der Waals surface area contributed by atoms with Gasteiger partial charge in [0.05, 0.1) is 34.1 Å². The lowest BCUT2D eigenvalue weighted by Crippen LogP contribution is -2.43. The predicted molar refractivity (Wildman–Crippen MR) is 133 cm³/mol. The van der Waals surface area contributed by atoms with Gasteiger partial charge in [-0.15, -0.1) is 0 Å². The standard InChI is InChI=1S/C24H30N10O/c1-13-15(33-9-7-26-8-10-33)11-27-22(30-13)16-19(32-35-20(16)14-5-6-14)18-17-21(25)28-12-29-23(17)34(31-18)24(2,3)4/h11-12,14,26H,5-10H2,1-4H3,(H2,25,28,29). The van der Waals surface area contributed by atoms with E-state index < -0.39 is 0 Å². The lowest BCUT2D eigenvalue weighted by Gasteiger charge is -2.30. The van der Waals surface area contributed by atoms with E-state index in [2.05, 4.69) is 46.1 Å². The molecule has 0 unspecified atom stereocenters. The highest BCUT2D eigenvalue weighted by atomic mass is 16.5. The summed E-state index contributed by atoms with van der Waals surface area (Å²) in [5, 5.41) is 13.5. The molecule has 5 heterocycles. The Morgan fingerprint density at radius 2 is 1.86 bits per heavy atom. The number of aryl methyl sites for hydroxylation is 1. The van der Waals surface area contributed by atoms with Crippen LogP contribution in [0.5, 0.6) is 0 Å². The van der Waals surface area contributed by atoms with Gasteiger partial charge in [-0.25, -0.2) is 24.6 Å². The third kappa shape index (κ3) is 3.70. The Labute approximate surface area is 203 Å². The summed E-state index contributed by atoms with van der Waals surface area (Å²) in [5.41, 5.74) is 10.6. The number of piperazine rings is 1. The highest BCUT2D eigenvalue weighted by Crippen LogP contribution is 2.48. The Bertz CT molecular complexity index is 1410. The Hall–Kier alpha value is -3.60. The SMILES string of the molecule is Cc1nc(-c2c(-c3nn(C(C)(C)C)c4ncnc(N)c34)noc2C2CC2)ncc1N1CCNCC1. The minimum atomic E-state index is -0.321. The molecule has 0 radical (unpaired) electrons. The largest absolute Gasteiger partial charge is 0.383 e. The topological polar surface area (TPSA) is 137 Å². The summed E-state index contributed by atoms with van der Waals surface area (Å²) in [5.74, 6) is 2.07. The van der Waals surface area contributed by atoms with Gasteiger partial charge in [0.15, 0.2) is 17.2 Å². The van der Waals surface area contributed by atoms with E-state index in [9.17, 15) is 0 Å². The molecule has 0 spiro atoms. The summed E-state index contributed by atoms with van der Waals surface area (Å²) in [4.78, 5) is 20.8. The van der Waals surface area contributed by atoms with Crippen molar-refractivity contribution in [3.8, 4) is 22.8 Å². The van der Waals surface area contributed by atoms with Crippen molar-refractivity contribution in [2.24, 2.45) is 0 Å². The Morgan fingerprint density at radius 1 is 1.09 bits per heavy atom. The normalized spacial score (nSPS) is 16.9. The zero-order valence-corrected chi connectivity index (χ0v) is 20.5. The van der Waals surface area contributed by atoms with Crippen LogP contribution in [-0.2, 0) is 5.54 Å². The molecule has 2 aliphatic rings. The van der Waals surface area contributed by atoms with Gasteiger partial charge in [0.2, 0.25) is 0 Å². The zero-order valence-electron chi connectivity index (χ0n) is 20.5. The van der Waals surface area contributed by atoms with Crippen molar-refractivity contribution < 1.29 is 4.52 Å². The lowest BCUT2D eigenvalue weighted by molar-refractivity contribution is 0.365. The van der Waals surface area contributed by atoms with Crippen LogP contribution in [0.3, 0.4) is 0 Å². The Balaban J connectivity index is 1.53. The summed E-state index contributed by atoms with van der Waals surface area (Å²) in [6.45, 7) is 12.0. The van der Waals surface area contributed by atoms with Crippen molar-refractivity contribution in [3.05, 3.63) is 24.0 Å². The first-order chi connectivity index (χ1) is 16.8. The van der Waals surface area contributed by atoms with Gasteiger partial charge in [-0.1, -0.05) is 5.16 Å². The fourth-order valence-corrected chi connectivity index (χ4v) is 4.71. The van der Waals surface area contributed by atoms with E-state index in [1.807, 2.05) is 17.8 Å². The molecule has 182 valence electrons. The first-order valence-corrected chi connectivity index (χ1v) is 12.1. The van der Waals surface area contributed by atoms with Gasteiger partial charge in [0.1, 0.15) is 23.5 Å². The molecule has 0 bridgehead atoms. The van der Waals surface area contributed by atoms with Crippen molar-refractivity contribution in [3.63, 3.8) is 0 Å². The molecule has 4 aromatic heterocycles. The Kier molecular flexibility index (Phi) is 4.99. The number of nitrogens with two attached hydrogens (primary N) is 1. The summed E-state index contributed by atoms with van der Waals surface area (Å²) >= 11 is 0. The minimum absolute atomic E-state index is 0.313. The molecule has 35 heavy (non-hydrogen) atoms. The molecule has 0 atom stereocenters. The molecule has 1 saturated carbocycles. The summed E-state index contributed by atoms with van der Waals surface area (Å²) in [6.07, 6.45) is 5.50. The number of nitrogens with zero attached hydrogens (tertiary/aromatic N) is 8. The quantitative estimate of drug-likeness (QED) is 0.454. The Morgan fingerprint density at radius 3 is 2.54 bits per heavy atom. The molecule has 4 aromatic rings. The molecular weight excluding hydrogens is 444 g/mol. The molecule has 11 nitrogen and oxygen atoms in total.